The lowest BCUT2D eigenvalue weighted by Crippen LogP contribution is -2.43. The van der Waals surface area contributed by atoms with Crippen LogP contribution >= 0.6 is 0 Å². The van der Waals surface area contributed by atoms with Gasteiger partial charge in [-0.1, -0.05) is 18.2 Å². The summed E-state index contributed by atoms with van der Waals surface area (Å²) in [6, 6.07) is 12.1. The number of carbonyl (C=O) groups is 2. The molecule has 1 heterocycles. The lowest BCUT2D eigenvalue weighted by molar-refractivity contribution is 0.0712. The number of nitrogens with two attached hydrogens (primary N) is 1. The van der Waals surface area contributed by atoms with Crippen LogP contribution in [0.25, 0.3) is 0 Å². The van der Waals surface area contributed by atoms with Gasteiger partial charge in [-0.05, 0) is 68.0 Å². The van der Waals surface area contributed by atoms with Crippen LogP contribution in [0.1, 0.15) is 54.1 Å². The third-order valence-electron chi connectivity index (χ3n) is 5.63. The maximum Gasteiger partial charge on any atom is 0.409 e. The van der Waals surface area contributed by atoms with Gasteiger partial charge in [-0.15, -0.1) is 0 Å². The number of rotatable bonds is 6. The highest BCUT2D eigenvalue weighted by Crippen LogP contribution is 2.35. The number of benzene rings is 2. The highest BCUT2D eigenvalue weighted by atomic mass is 16.5. The predicted molar refractivity (Wildman–Crippen MR) is 118 cm³/mol. The predicted octanol–water partition coefficient (Wildman–Crippen LogP) is 4.08. The number of nitrogens with zero attached hydrogens (tertiary/aromatic N) is 1. The Morgan fingerprint density at radius 2 is 1.91 bits per heavy atom. The van der Waals surface area contributed by atoms with Gasteiger partial charge in [0.05, 0.1) is 19.3 Å². The van der Waals surface area contributed by atoms with Crippen molar-refractivity contribution in [1.29, 1.82) is 0 Å². The van der Waals surface area contributed by atoms with Crippen LogP contribution < -0.4 is 25.4 Å². The average Bonchev–Trinajstić information content (AvgIpc) is 3.31. The molecule has 1 fully saturated rings. The van der Waals surface area contributed by atoms with Crippen LogP contribution in [0, 0.1) is 0 Å². The SMILES string of the molecule is COc1ccc(C2CC=CN(C(=O)c3cccc(OC(N)=O)c3)N2)cc1OC1CCCC1. The van der Waals surface area contributed by atoms with E-state index < -0.39 is 6.09 Å². The summed E-state index contributed by atoms with van der Waals surface area (Å²) < 4.78 is 16.6. The number of nitrogens with one attached hydrogen (secondary N) is 1. The molecule has 0 aromatic heterocycles. The molecule has 1 unspecified atom stereocenters. The normalized spacial score (nSPS) is 18.4. The highest BCUT2D eigenvalue weighted by Gasteiger charge is 2.24. The van der Waals surface area contributed by atoms with Crippen molar-refractivity contribution in [2.24, 2.45) is 5.73 Å². The van der Waals surface area contributed by atoms with Gasteiger partial charge in [0.15, 0.2) is 11.5 Å². The maximum absolute atomic E-state index is 13.0. The van der Waals surface area contributed by atoms with Gasteiger partial charge in [0.25, 0.3) is 5.91 Å². The van der Waals surface area contributed by atoms with Crippen molar-refractivity contribution < 1.29 is 23.8 Å². The molecule has 2 aromatic carbocycles. The Morgan fingerprint density at radius 3 is 2.66 bits per heavy atom. The van der Waals surface area contributed by atoms with Crippen molar-refractivity contribution in [2.75, 3.05) is 7.11 Å². The van der Waals surface area contributed by atoms with E-state index in [1.54, 1.807) is 31.5 Å². The lowest BCUT2D eigenvalue weighted by atomic mass is 10.0. The quantitative estimate of drug-likeness (QED) is 0.706. The number of methoxy groups -OCH3 is 1. The zero-order valence-corrected chi connectivity index (χ0v) is 18.0. The first-order valence-electron chi connectivity index (χ1n) is 10.7. The molecule has 8 heteroatoms. The second-order valence-corrected chi connectivity index (χ2v) is 7.86. The molecule has 1 aliphatic carbocycles. The van der Waals surface area contributed by atoms with Crippen molar-refractivity contribution in [3.05, 3.63) is 65.9 Å². The van der Waals surface area contributed by atoms with Crippen LogP contribution in [0.2, 0.25) is 0 Å². The molecule has 1 atom stereocenters. The fraction of sp³-hybridized carbons (Fsp3) is 0.333. The Bertz CT molecular complexity index is 1020. The summed E-state index contributed by atoms with van der Waals surface area (Å²) in [5.74, 6) is 1.36. The van der Waals surface area contributed by atoms with Crippen molar-refractivity contribution in [3.8, 4) is 17.2 Å². The van der Waals surface area contributed by atoms with E-state index in [1.807, 2.05) is 24.3 Å². The van der Waals surface area contributed by atoms with Crippen molar-refractivity contribution in [3.63, 3.8) is 0 Å². The Labute approximate surface area is 186 Å². The Balaban J connectivity index is 1.50. The zero-order valence-electron chi connectivity index (χ0n) is 18.0. The first-order valence-corrected chi connectivity index (χ1v) is 10.7. The largest absolute Gasteiger partial charge is 0.493 e. The fourth-order valence-electron chi connectivity index (χ4n) is 4.04. The molecule has 0 spiro atoms. The molecular formula is C24H27N3O5. The fourth-order valence-corrected chi connectivity index (χ4v) is 4.04. The maximum atomic E-state index is 13.0. The van der Waals surface area contributed by atoms with Crippen molar-refractivity contribution in [1.82, 2.24) is 10.4 Å². The summed E-state index contributed by atoms with van der Waals surface area (Å²) in [7, 11) is 1.63. The first-order chi connectivity index (χ1) is 15.5. The van der Waals surface area contributed by atoms with Gasteiger partial charge in [-0.2, -0.15) is 0 Å². The molecule has 2 aliphatic rings. The molecule has 0 bridgehead atoms. The molecule has 32 heavy (non-hydrogen) atoms. The van der Waals surface area contributed by atoms with Gasteiger partial charge in [0.1, 0.15) is 5.75 Å². The zero-order chi connectivity index (χ0) is 22.5. The second-order valence-electron chi connectivity index (χ2n) is 7.86. The molecule has 4 rings (SSSR count). The molecule has 2 aromatic rings. The number of carbonyl (C=O) groups excluding carboxylic acids is 2. The van der Waals surface area contributed by atoms with Crippen LogP contribution in [-0.2, 0) is 0 Å². The Morgan fingerprint density at radius 1 is 1.09 bits per heavy atom. The van der Waals surface area contributed by atoms with E-state index >= 15 is 0 Å². The smallest absolute Gasteiger partial charge is 0.409 e. The van der Waals surface area contributed by atoms with Crippen molar-refractivity contribution >= 4 is 12.0 Å². The molecule has 8 nitrogen and oxygen atoms in total. The molecule has 0 saturated heterocycles. The summed E-state index contributed by atoms with van der Waals surface area (Å²) in [5.41, 5.74) is 9.67. The van der Waals surface area contributed by atoms with E-state index in [9.17, 15) is 9.59 Å². The summed E-state index contributed by atoms with van der Waals surface area (Å²) in [5, 5.41) is 1.43. The summed E-state index contributed by atoms with van der Waals surface area (Å²) in [6.45, 7) is 0. The van der Waals surface area contributed by atoms with E-state index in [4.69, 9.17) is 19.9 Å². The number of hydrazine groups is 1. The third kappa shape index (κ3) is 5.03. The van der Waals surface area contributed by atoms with Gasteiger partial charge in [-0.25, -0.2) is 15.2 Å². The second kappa shape index (κ2) is 9.74. The van der Waals surface area contributed by atoms with Crippen LogP contribution in [0.5, 0.6) is 17.2 Å². The van der Waals surface area contributed by atoms with Crippen LogP contribution in [0.15, 0.2) is 54.7 Å². The first kappa shape index (κ1) is 21.7. The van der Waals surface area contributed by atoms with Crippen LogP contribution in [-0.4, -0.2) is 30.2 Å². The minimum Gasteiger partial charge on any atom is -0.493 e. The van der Waals surface area contributed by atoms with Gasteiger partial charge >= 0.3 is 6.09 Å². The van der Waals surface area contributed by atoms with E-state index in [0.717, 1.165) is 24.2 Å². The summed E-state index contributed by atoms with van der Waals surface area (Å²) in [6.07, 6.45) is 8.10. The number of primary amides is 1. The molecule has 3 N–H and O–H groups in total. The van der Waals surface area contributed by atoms with E-state index in [2.05, 4.69) is 5.43 Å². The van der Waals surface area contributed by atoms with Gasteiger partial charge < -0.3 is 19.9 Å². The Kier molecular flexibility index (Phi) is 6.61. The summed E-state index contributed by atoms with van der Waals surface area (Å²) >= 11 is 0. The molecule has 2 amide bonds. The standard InChI is InChI=1S/C24H27N3O5/c1-30-21-12-11-16(15-22(21)31-18-7-2-3-8-18)20-10-5-13-27(26-20)23(28)17-6-4-9-19(14-17)32-24(25)29/h4-6,9,11-15,18,20,26H,2-3,7-8,10H2,1H3,(H2,25,29). The van der Waals surface area contributed by atoms with Crippen molar-refractivity contribution in [2.45, 2.75) is 44.2 Å². The van der Waals surface area contributed by atoms with Gasteiger partial charge in [0, 0.05) is 11.8 Å². The third-order valence-corrected chi connectivity index (χ3v) is 5.63. The van der Waals surface area contributed by atoms with Gasteiger partial charge in [-0.3, -0.25) is 4.79 Å². The summed E-state index contributed by atoms with van der Waals surface area (Å²) in [4.78, 5) is 24.0. The average molecular weight is 437 g/mol. The molecule has 1 saturated carbocycles. The number of ether oxygens (including phenoxy) is 3. The minimum absolute atomic E-state index is 0.120. The van der Waals surface area contributed by atoms with Crippen LogP contribution in [0.4, 0.5) is 4.79 Å². The van der Waals surface area contributed by atoms with E-state index in [1.165, 1.54) is 23.9 Å². The number of amides is 2. The van der Waals surface area contributed by atoms with E-state index in [-0.39, 0.29) is 23.8 Å². The topological polar surface area (TPSA) is 103 Å². The monoisotopic (exact) mass is 437 g/mol. The van der Waals surface area contributed by atoms with Crippen LogP contribution in [0.3, 0.4) is 0 Å². The molecule has 1 aliphatic heterocycles. The minimum atomic E-state index is -0.930. The van der Waals surface area contributed by atoms with Gasteiger partial charge in [0.2, 0.25) is 0 Å². The number of hydrogen-bond acceptors (Lipinski definition) is 6. The Hall–Kier alpha value is -3.52. The van der Waals surface area contributed by atoms with E-state index in [0.29, 0.717) is 17.7 Å². The lowest BCUT2D eigenvalue weighted by Gasteiger charge is -2.30. The molecular weight excluding hydrogens is 410 g/mol. The number of hydrogen-bond donors (Lipinski definition) is 2. The molecule has 168 valence electrons. The highest BCUT2D eigenvalue weighted by molar-refractivity contribution is 5.95. The molecule has 0 radical (unpaired) electrons.